The summed E-state index contributed by atoms with van der Waals surface area (Å²) in [6, 6.07) is 13.8. The van der Waals surface area contributed by atoms with Gasteiger partial charge in [-0.25, -0.2) is 14.4 Å². The first-order valence-corrected chi connectivity index (χ1v) is 41.0. The molecule has 39 nitrogen and oxygen atoms in total. The standard InChI is InChI=1S/C85H106ClN19O20/c1-46(2)34-60(74(114)94-59(15-8-9-32-90-47(3)4)82(122)105-33-11-16-68(105)81(121)91-48(5)72(87)112)95-75(115)62(37-51-22-29-58(30-23-51)93-85(125)104(43-70(108)109)44-71(110)111)96-77(117)63(38-50-20-27-57(28-21-50)92-73(113)66-41-69(107)103-84(124)102-66)99-80(120)67(45-106)100-78(118)64(40-53-12-10-31-89-42-53)98-76(116)61(36-49-18-25-56(86)26-19-49)97-79(119)65(101-83(88)123)39-52-17-24-54-13-6-7-14-55(54)35-52/h6-7,10,12-14,17-31,35,42,46-48,59-68,90,106H,8-9,11,15-16,32-34,36-41,43-45H2,1-5H3,(H2,87,112)(H,91,121)(H,92,113)(H,93,125)(H,94,114)(H,95,115)(H,96,117)(H,97,119)(H,98,116)(H,99,120)(H,100,118)(H,108,109)(H,110,111)(H3,88,101,123)(H2,102,103,107,124)/t48-,59+,60+,61-,62-,63+,64-,65-,66?,67+,68+/m1/s1. The number of rotatable bonds is 45. The maximum absolute atomic E-state index is 15.6. The number of carboxylic acids is 2. The van der Waals surface area contributed by atoms with Gasteiger partial charge in [0.2, 0.25) is 70.9 Å². The van der Waals surface area contributed by atoms with Crippen LogP contribution in [0.2, 0.25) is 5.02 Å². The number of fused-ring (bicyclic) bond motifs is 1. The summed E-state index contributed by atoms with van der Waals surface area (Å²) < 4.78 is 0. The topological polar surface area (TPSA) is 591 Å². The summed E-state index contributed by atoms with van der Waals surface area (Å²) in [5.74, 6) is -14.3. The van der Waals surface area contributed by atoms with Gasteiger partial charge in [0.15, 0.2) is 0 Å². The number of carboxylic acid groups (broad SMARTS) is 2. The van der Waals surface area contributed by atoms with Crippen LogP contribution in [0.25, 0.3) is 10.8 Å². The number of urea groups is 3. The Balaban J connectivity index is 1.13. The predicted molar refractivity (Wildman–Crippen MR) is 456 cm³/mol. The molecule has 8 rings (SSSR count). The lowest BCUT2D eigenvalue weighted by molar-refractivity contribution is -0.142. The Bertz CT molecular complexity index is 4840. The third kappa shape index (κ3) is 31.0. The normalized spacial score (nSPS) is 15.8. The first-order valence-electron chi connectivity index (χ1n) is 40.6. The van der Waals surface area contributed by atoms with Crippen molar-refractivity contribution < 1.29 is 96.8 Å². The minimum Gasteiger partial charge on any atom is -0.480 e. The van der Waals surface area contributed by atoms with Crippen LogP contribution >= 0.6 is 11.6 Å². The zero-order chi connectivity index (χ0) is 91.1. The molecule has 0 aliphatic carbocycles. The lowest BCUT2D eigenvalue weighted by atomic mass is 9.99. The molecule has 2 aliphatic rings. The van der Waals surface area contributed by atoms with E-state index in [2.05, 4.69) is 74.1 Å². The number of aromatic nitrogens is 1. The number of anilines is 2. The second-order valence-electron chi connectivity index (χ2n) is 31.2. The predicted octanol–water partition coefficient (Wildman–Crippen LogP) is 0.559. The van der Waals surface area contributed by atoms with Crippen molar-refractivity contribution in [3.63, 3.8) is 0 Å². The second-order valence-corrected chi connectivity index (χ2v) is 31.6. The molecule has 21 N–H and O–H groups in total. The molecule has 40 heteroatoms. The van der Waals surface area contributed by atoms with Crippen LogP contribution in [-0.2, 0) is 99.2 Å². The molecule has 0 radical (unpaired) electrons. The van der Waals surface area contributed by atoms with Gasteiger partial charge in [0.1, 0.15) is 79.5 Å². The highest BCUT2D eigenvalue weighted by Crippen LogP contribution is 2.24. The average molecular weight is 1750 g/mol. The number of hydrogen-bond donors (Lipinski definition) is 19. The molecule has 125 heavy (non-hydrogen) atoms. The molecule has 2 aliphatic heterocycles. The minimum absolute atomic E-state index is 0.00209. The molecule has 0 spiro atoms. The fourth-order valence-electron chi connectivity index (χ4n) is 13.9. The highest BCUT2D eigenvalue weighted by molar-refractivity contribution is 6.30. The van der Waals surface area contributed by atoms with Gasteiger partial charge in [-0.2, -0.15) is 0 Å². The van der Waals surface area contributed by atoms with Crippen LogP contribution in [0.1, 0.15) is 107 Å². The van der Waals surface area contributed by atoms with Crippen molar-refractivity contribution in [2.45, 2.75) is 184 Å². The summed E-state index contributed by atoms with van der Waals surface area (Å²) in [7, 11) is 0. The number of pyridine rings is 1. The van der Waals surface area contributed by atoms with Gasteiger partial charge in [-0.15, -0.1) is 0 Å². The average Bonchev–Trinajstić information content (AvgIpc) is 1.76. The fourth-order valence-corrected chi connectivity index (χ4v) is 14.0. The van der Waals surface area contributed by atoms with Crippen LogP contribution in [0, 0.1) is 5.92 Å². The van der Waals surface area contributed by atoms with Crippen LogP contribution in [0.5, 0.6) is 0 Å². The number of unbranched alkanes of at least 4 members (excludes halogenated alkanes) is 1. The molecule has 3 heterocycles. The van der Waals surface area contributed by atoms with Crippen LogP contribution in [0.15, 0.2) is 140 Å². The number of nitrogens with zero attached hydrogens (tertiary/aromatic N) is 3. The number of primary amides is 2. The smallest absolute Gasteiger partial charge is 0.323 e. The molecule has 668 valence electrons. The molecule has 6 aromatic rings. The SMILES string of the molecule is CC(C)C[C@H](NC(=O)[C@@H](Cc1ccc(NC(=O)N(CC(=O)O)CC(=O)O)cc1)NC(=O)[C@H](Cc1ccc(NC(=O)C2CC(=O)NC(=O)N2)cc1)NC(=O)[C@H](CO)NC(=O)[C@@H](Cc1cccnc1)NC(=O)[C@@H](Cc1ccc(Cl)cc1)NC(=O)[C@@H](Cc1ccc2ccccc2c1)NC(N)=O)C(=O)N[C@@H](CCCCNC(C)C)C(=O)N1CCC[C@H]1C(=O)N[C@H](C)C(N)=O. The number of imide groups is 1. The summed E-state index contributed by atoms with van der Waals surface area (Å²) in [6.45, 7) is 6.20. The Kier molecular flexibility index (Phi) is 36.5. The maximum Gasteiger partial charge on any atom is 0.323 e. The first-order chi connectivity index (χ1) is 59.5. The molecular weight excluding hydrogens is 1640 g/mol. The largest absolute Gasteiger partial charge is 0.480 e. The molecule has 2 fully saturated rings. The number of carbonyl (C=O) groups is 17. The molecular formula is C85H106ClN19O20. The second kappa shape index (κ2) is 47.1. The van der Waals surface area contributed by atoms with Crippen molar-refractivity contribution in [2.75, 3.05) is 43.4 Å². The van der Waals surface area contributed by atoms with E-state index in [-0.39, 0.29) is 79.5 Å². The van der Waals surface area contributed by atoms with E-state index in [0.29, 0.717) is 52.4 Å². The van der Waals surface area contributed by atoms with Gasteiger partial charge < -0.3 is 106 Å². The number of aliphatic carboxylic acids is 2. The summed E-state index contributed by atoms with van der Waals surface area (Å²) in [4.78, 5) is 239. The Labute approximate surface area is 724 Å². The van der Waals surface area contributed by atoms with Gasteiger partial charge in [-0.3, -0.25) is 77.4 Å². The molecule has 5 aromatic carbocycles. The quantitative estimate of drug-likeness (QED) is 0.0232. The highest BCUT2D eigenvalue weighted by atomic mass is 35.5. The molecule has 0 bridgehead atoms. The van der Waals surface area contributed by atoms with Gasteiger partial charge in [0.05, 0.1) is 13.0 Å². The number of aliphatic hydroxyl groups is 1. The van der Waals surface area contributed by atoms with E-state index in [9.17, 15) is 68.1 Å². The van der Waals surface area contributed by atoms with Gasteiger partial charge >= 0.3 is 30.0 Å². The summed E-state index contributed by atoms with van der Waals surface area (Å²) >= 11 is 6.26. The molecule has 18 amide bonds. The monoisotopic (exact) mass is 1750 g/mol. The summed E-state index contributed by atoms with van der Waals surface area (Å²) in [5, 5.41) is 68.6. The van der Waals surface area contributed by atoms with Crippen LogP contribution in [0.4, 0.5) is 25.8 Å². The van der Waals surface area contributed by atoms with E-state index in [4.69, 9.17) is 23.1 Å². The number of carbonyl (C=O) groups excluding carboxylic acids is 15. The van der Waals surface area contributed by atoms with Crippen molar-refractivity contribution in [1.82, 2.24) is 78.6 Å². The van der Waals surface area contributed by atoms with Crippen LogP contribution in [-0.4, -0.2) is 236 Å². The van der Waals surface area contributed by atoms with E-state index < -0.39 is 206 Å². The lowest BCUT2D eigenvalue weighted by Crippen LogP contribution is -2.62. The van der Waals surface area contributed by atoms with E-state index in [1.807, 2.05) is 55.6 Å². The Hall–Kier alpha value is -13.7. The number of benzene rings is 5. The van der Waals surface area contributed by atoms with Crippen molar-refractivity contribution in [3.05, 3.63) is 173 Å². The highest BCUT2D eigenvalue weighted by Gasteiger charge is 2.41. The third-order valence-corrected chi connectivity index (χ3v) is 20.6. The Morgan fingerprint density at radius 2 is 1.02 bits per heavy atom. The minimum atomic E-state index is -1.99. The van der Waals surface area contributed by atoms with Crippen LogP contribution < -0.4 is 85.9 Å². The van der Waals surface area contributed by atoms with E-state index >= 15 is 28.8 Å². The molecule has 2 saturated heterocycles. The van der Waals surface area contributed by atoms with Crippen molar-refractivity contribution >= 4 is 135 Å². The molecule has 1 aromatic heterocycles. The van der Waals surface area contributed by atoms with Crippen LogP contribution in [0.3, 0.4) is 0 Å². The first kappa shape index (κ1) is 96.8. The Morgan fingerprint density at radius 1 is 0.536 bits per heavy atom. The number of aliphatic hydroxyl groups excluding tert-OH is 1. The lowest BCUT2D eigenvalue weighted by Gasteiger charge is -2.31. The van der Waals surface area contributed by atoms with Gasteiger partial charge in [-0.05, 0) is 139 Å². The number of nitrogens with one attached hydrogen (secondary N) is 14. The number of amides is 18. The van der Waals surface area contributed by atoms with Crippen molar-refractivity contribution in [2.24, 2.45) is 17.4 Å². The number of likely N-dealkylation sites (tertiary alicyclic amines) is 1. The summed E-state index contributed by atoms with van der Waals surface area (Å²) in [6.07, 6.45) is 2.22. The third-order valence-electron chi connectivity index (χ3n) is 20.3. The Morgan fingerprint density at radius 3 is 1.52 bits per heavy atom. The number of hydrogen-bond acceptors (Lipinski definition) is 20. The molecule has 0 saturated carbocycles. The zero-order valence-electron chi connectivity index (χ0n) is 69.5. The summed E-state index contributed by atoms with van der Waals surface area (Å²) in [5.41, 5.74) is 13.1. The van der Waals surface area contributed by atoms with Gasteiger partial charge in [-0.1, -0.05) is 124 Å². The van der Waals surface area contributed by atoms with Gasteiger partial charge in [0.25, 0.3) is 0 Å². The van der Waals surface area contributed by atoms with Crippen molar-refractivity contribution in [3.8, 4) is 0 Å². The van der Waals surface area contributed by atoms with E-state index in [1.165, 1.54) is 72.7 Å². The molecule has 11 atom stereocenters. The maximum atomic E-state index is 15.6. The number of halogens is 1. The zero-order valence-corrected chi connectivity index (χ0v) is 70.2. The molecule has 1 unspecified atom stereocenters. The van der Waals surface area contributed by atoms with Crippen molar-refractivity contribution in [1.29, 1.82) is 0 Å². The van der Waals surface area contributed by atoms with E-state index in [1.54, 1.807) is 56.3 Å². The fraction of sp³-hybridized carbons (Fsp3) is 0.412. The number of nitrogens with two attached hydrogens (primary N) is 2. The van der Waals surface area contributed by atoms with E-state index in [0.717, 1.165) is 10.8 Å². The van der Waals surface area contributed by atoms with Gasteiger partial charge in [0, 0.05) is 73.5 Å².